The van der Waals surface area contributed by atoms with Gasteiger partial charge in [0.1, 0.15) is 11.6 Å². The first-order valence-corrected chi connectivity index (χ1v) is 10.1. The van der Waals surface area contributed by atoms with Crippen LogP contribution in [0.1, 0.15) is 0 Å². The molecular formula is C25H17F2NS. The largest absolute Gasteiger partial charge is 0.343 e. The molecule has 4 aromatic carbocycles. The summed E-state index contributed by atoms with van der Waals surface area (Å²) in [5.74, 6) is -0.467. The van der Waals surface area contributed by atoms with Crippen molar-refractivity contribution in [3.63, 3.8) is 0 Å². The topological polar surface area (TPSA) is 3.24 Å². The second kappa shape index (κ2) is 7.05. The molecule has 0 atom stereocenters. The van der Waals surface area contributed by atoms with Crippen LogP contribution in [0.4, 0.5) is 20.2 Å². The van der Waals surface area contributed by atoms with E-state index in [-0.39, 0.29) is 11.6 Å². The van der Waals surface area contributed by atoms with Crippen LogP contribution in [0.2, 0.25) is 0 Å². The fourth-order valence-electron chi connectivity index (χ4n) is 3.64. The summed E-state index contributed by atoms with van der Waals surface area (Å²) in [5.41, 5.74) is 6.38. The molecule has 1 aliphatic heterocycles. The van der Waals surface area contributed by atoms with Gasteiger partial charge in [-0.25, -0.2) is 8.78 Å². The number of fused-ring (bicyclic) bond motifs is 2. The van der Waals surface area contributed by atoms with Gasteiger partial charge in [0.25, 0.3) is 0 Å². The van der Waals surface area contributed by atoms with E-state index in [2.05, 4.69) is 48.3 Å². The Kier molecular flexibility index (Phi) is 4.36. The van der Waals surface area contributed by atoms with Gasteiger partial charge in [-0.05, 0) is 70.8 Å². The van der Waals surface area contributed by atoms with Crippen molar-refractivity contribution in [2.45, 2.75) is 9.79 Å². The molecule has 1 aliphatic rings. The molecule has 5 rings (SSSR count). The molecule has 0 N–H and O–H groups in total. The highest BCUT2D eigenvalue weighted by Crippen LogP contribution is 2.49. The molecule has 0 aromatic heterocycles. The van der Waals surface area contributed by atoms with E-state index in [1.807, 2.05) is 0 Å². The zero-order valence-corrected chi connectivity index (χ0v) is 16.5. The Hall–Kier alpha value is -3.11. The van der Waals surface area contributed by atoms with Crippen molar-refractivity contribution in [3.8, 4) is 22.3 Å². The number of benzene rings is 4. The van der Waals surface area contributed by atoms with E-state index in [1.54, 1.807) is 36.0 Å². The van der Waals surface area contributed by atoms with Crippen LogP contribution in [0.15, 0.2) is 94.7 Å². The molecule has 0 aliphatic carbocycles. The normalized spacial score (nSPS) is 12.4. The molecule has 0 fully saturated rings. The van der Waals surface area contributed by atoms with Gasteiger partial charge in [-0.15, -0.1) is 0 Å². The molecule has 0 saturated carbocycles. The van der Waals surface area contributed by atoms with E-state index in [1.165, 1.54) is 24.3 Å². The Labute approximate surface area is 172 Å². The SMILES string of the molecule is CN1c2ccc(-c3ccc(F)cc3)cc2Sc2cc(-c3ccc(F)cc3)ccc21. The zero-order chi connectivity index (χ0) is 20.0. The molecule has 0 unspecified atom stereocenters. The van der Waals surface area contributed by atoms with Gasteiger partial charge in [-0.3, -0.25) is 0 Å². The van der Waals surface area contributed by atoms with Crippen molar-refractivity contribution in [1.82, 2.24) is 0 Å². The molecule has 1 heterocycles. The Balaban J connectivity index is 1.53. The standard InChI is InChI=1S/C25H17F2NS/c1-28-22-12-6-18(16-2-8-20(26)9-3-16)14-24(22)29-25-15-19(7-13-23(25)28)17-4-10-21(27)11-5-17/h2-15H,1H3. The lowest BCUT2D eigenvalue weighted by Gasteiger charge is -2.30. The van der Waals surface area contributed by atoms with Crippen LogP contribution in [-0.4, -0.2) is 7.05 Å². The van der Waals surface area contributed by atoms with Crippen LogP contribution in [-0.2, 0) is 0 Å². The molecule has 4 aromatic rings. The van der Waals surface area contributed by atoms with Crippen LogP contribution < -0.4 is 4.90 Å². The number of nitrogens with zero attached hydrogens (tertiary/aromatic N) is 1. The van der Waals surface area contributed by atoms with E-state index >= 15 is 0 Å². The van der Waals surface area contributed by atoms with Gasteiger partial charge in [0.2, 0.25) is 0 Å². The first kappa shape index (κ1) is 18.0. The van der Waals surface area contributed by atoms with Crippen LogP contribution >= 0.6 is 11.8 Å². The minimum absolute atomic E-state index is 0.233. The van der Waals surface area contributed by atoms with E-state index in [0.29, 0.717) is 0 Å². The van der Waals surface area contributed by atoms with Crippen molar-refractivity contribution < 1.29 is 8.78 Å². The Morgan fingerprint density at radius 2 is 0.931 bits per heavy atom. The minimum atomic E-state index is -0.233. The first-order valence-electron chi connectivity index (χ1n) is 9.30. The summed E-state index contributed by atoms with van der Waals surface area (Å²) in [7, 11) is 2.06. The molecular weight excluding hydrogens is 384 g/mol. The lowest BCUT2D eigenvalue weighted by atomic mass is 10.0. The quantitative estimate of drug-likeness (QED) is 0.341. The third-order valence-corrected chi connectivity index (χ3v) is 6.31. The Bertz CT molecular complexity index is 1110. The van der Waals surface area contributed by atoms with E-state index in [9.17, 15) is 8.78 Å². The van der Waals surface area contributed by atoms with Gasteiger partial charge >= 0.3 is 0 Å². The van der Waals surface area contributed by atoms with Gasteiger partial charge < -0.3 is 4.90 Å². The van der Waals surface area contributed by atoms with Crippen molar-refractivity contribution in [1.29, 1.82) is 0 Å². The second-order valence-electron chi connectivity index (χ2n) is 7.04. The van der Waals surface area contributed by atoms with Crippen LogP contribution in [0.3, 0.4) is 0 Å². The average molecular weight is 401 g/mol. The fourth-order valence-corrected chi connectivity index (χ4v) is 4.87. The summed E-state index contributed by atoms with van der Waals surface area (Å²) < 4.78 is 26.5. The highest BCUT2D eigenvalue weighted by molar-refractivity contribution is 7.99. The molecule has 0 bridgehead atoms. The van der Waals surface area contributed by atoms with E-state index in [0.717, 1.165) is 43.4 Å². The molecule has 0 spiro atoms. The van der Waals surface area contributed by atoms with Gasteiger partial charge in [-0.2, -0.15) is 0 Å². The summed E-state index contributed by atoms with van der Waals surface area (Å²) >= 11 is 1.72. The maximum atomic E-state index is 13.3. The minimum Gasteiger partial charge on any atom is -0.343 e. The lowest BCUT2D eigenvalue weighted by molar-refractivity contribution is 0.627. The highest BCUT2D eigenvalue weighted by atomic mass is 32.2. The predicted molar refractivity (Wildman–Crippen MR) is 116 cm³/mol. The summed E-state index contributed by atoms with van der Waals surface area (Å²) in [5, 5.41) is 0. The second-order valence-corrected chi connectivity index (χ2v) is 8.12. The van der Waals surface area contributed by atoms with Crippen molar-refractivity contribution in [2.24, 2.45) is 0 Å². The molecule has 142 valence electrons. The van der Waals surface area contributed by atoms with E-state index in [4.69, 9.17) is 0 Å². The number of anilines is 2. The average Bonchev–Trinajstić information content (AvgIpc) is 2.74. The monoisotopic (exact) mass is 401 g/mol. The van der Waals surface area contributed by atoms with Crippen LogP contribution in [0, 0.1) is 11.6 Å². The summed E-state index contributed by atoms with van der Waals surface area (Å²) in [6.45, 7) is 0. The fraction of sp³-hybridized carbons (Fsp3) is 0.0400. The van der Waals surface area contributed by atoms with E-state index < -0.39 is 0 Å². The highest BCUT2D eigenvalue weighted by Gasteiger charge is 2.21. The zero-order valence-electron chi connectivity index (χ0n) is 15.7. The lowest BCUT2D eigenvalue weighted by Crippen LogP contribution is -2.14. The molecule has 0 radical (unpaired) electrons. The number of hydrogen-bond acceptors (Lipinski definition) is 2. The number of hydrogen-bond donors (Lipinski definition) is 0. The maximum Gasteiger partial charge on any atom is 0.123 e. The summed E-state index contributed by atoms with van der Waals surface area (Å²) in [6, 6.07) is 25.8. The number of rotatable bonds is 2. The summed E-state index contributed by atoms with van der Waals surface area (Å²) in [4.78, 5) is 4.49. The first-order chi connectivity index (χ1) is 14.1. The molecule has 0 saturated heterocycles. The Morgan fingerprint density at radius 1 is 0.552 bits per heavy atom. The van der Waals surface area contributed by atoms with Gasteiger partial charge in [0.15, 0.2) is 0 Å². The van der Waals surface area contributed by atoms with Crippen LogP contribution in [0.5, 0.6) is 0 Å². The van der Waals surface area contributed by atoms with Crippen molar-refractivity contribution >= 4 is 23.1 Å². The van der Waals surface area contributed by atoms with Crippen molar-refractivity contribution in [3.05, 3.63) is 96.6 Å². The third kappa shape index (κ3) is 3.30. The van der Waals surface area contributed by atoms with Crippen LogP contribution in [0.25, 0.3) is 22.3 Å². The Morgan fingerprint density at radius 3 is 1.34 bits per heavy atom. The maximum absolute atomic E-state index is 13.3. The predicted octanol–water partition coefficient (Wildman–Crippen LogP) is 7.53. The van der Waals surface area contributed by atoms with Crippen molar-refractivity contribution in [2.75, 3.05) is 11.9 Å². The molecule has 4 heteroatoms. The molecule has 0 amide bonds. The summed E-state index contributed by atoms with van der Waals surface area (Å²) in [6.07, 6.45) is 0. The molecule has 29 heavy (non-hydrogen) atoms. The molecule has 1 nitrogen and oxygen atoms in total. The number of halogens is 2. The third-order valence-electron chi connectivity index (χ3n) is 5.22. The van der Waals surface area contributed by atoms with Gasteiger partial charge in [-0.1, -0.05) is 48.2 Å². The van der Waals surface area contributed by atoms with Gasteiger partial charge in [0, 0.05) is 16.8 Å². The smallest absolute Gasteiger partial charge is 0.123 e. The van der Waals surface area contributed by atoms with Gasteiger partial charge in [0.05, 0.1) is 11.4 Å².